The van der Waals surface area contributed by atoms with Gasteiger partial charge >= 0.3 is 0 Å². The van der Waals surface area contributed by atoms with Crippen LogP contribution in [0.5, 0.6) is 0 Å². The molecule has 0 atom stereocenters. The molecule has 0 unspecified atom stereocenters. The minimum atomic E-state index is 0.0152. The summed E-state index contributed by atoms with van der Waals surface area (Å²) in [5.74, 6) is 0.821. The second-order valence-electron chi connectivity index (χ2n) is 4.72. The van der Waals surface area contributed by atoms with Crippen molar-refractivity contribution in [2.45, 2.75) is 39.8 Å². The van der Waals surface area contributed by atoms with E-state index >= 15 is 0 Å². The molecule has 0 saturated carbocycles. The van der Waals surface area contributed by atoms with Crippen molar-refractivity contribution in [1.29, 1.82) is 0 Å². The van der Waals surface area contributed by atoms with Crippen molar-refractivity contribution < 1.29 is 9.59 Å². The lowest BCUT2D eigenvalue weighted by molar-refractivity contribution is -0.127. The van der Waals surface area contributed by atoms with Gasteiger partial charge in [0.25, 0.3) is 0 Å². The van der Waals surface area contributed by atoms with Crippen LogP contribution in [0.2, 0.25) is 0 Å². The number of hydrogen-bond donors (Lipinski definition) is 0. The van der Waals surface area contributed by atoms with Gasteiger partial charge in [-0.3, -0.25) is 9.59 Å². The van der Waals surface area contributed by atoms with Gasteiger partial charge in [0.05, 0.1) is 12.7 Å². The Morgan fingerprint density at radius 1 is 1.42 bits per heavy atom. The molecule has 5 nitrogen and oxygen atoms in total. The van der Waals surface area contributed by atoms with E-state index in [1.165, 1.54) is 6.92 Å². The van der Waals surface area contributed by atoms with E-state index in [2.05, 4.69) is 11.9 Å². The molecule has 0 aliphatic carbocycles. The number of nitrogens with zero attached hydrogens (tertiary/aromatic N) is 3. The first kappa shape index (κ1) is 13.5. The minimum absolute atomic E-state index is 0.0152. The first-order valence-electron chi connectivity index (χ1n) is 6.64. The molecule has 1 aromatic rings. The number of allylic oxidation sites excluding steroid dienone is 1. The minimum Gasteiger partial charge on any atom is -0.330 e. The van der Waals surface area contributed by atoms with E-state index in [0.29, 0.717) is 25.3 Å². The number of unbranched alkanes of at least 4 members (excludes halogenated alkanes) is 1. The number of hydrogen-bond acceptors (Lipinski definition) is 3. The predicted molar refractivity (Wildman–Crippen MR) is 71.7 cm³/mol. The number of amides is 1. The number of ketones is 1. The maximum Gasteiger partial charge on any atom is 0.246 e. The maximum atomic E-state index is 12.0. The fraction of sp³-hybridized carbons (Fsp3) is 0.500. The van der Waals surface area contributed by atoms with E-state index < -0.39 is 0 Å². The molecule has 0 N–H and O–H groups in total. The highest BCUT2D eigenvalue weighted by Crippen LogP contribution is 2.15. The molecule has 0 spiro atoms. The average molecular weight is 261 g/mol. The monoisotopic (exact) mass is 261 g/mol. The lowest BCUT2D eigenvalue weighted by Gasteiger charge is -2.27. The Morgan fingerprint density at radius 2 is 2.21 bits per heavy atom. The fourth-order valence-corrected chi connectivity index (χ4v) is 2.19. The van der Waals surface area contributed by atoms with E-state index in [9.17, 15) is 9.59 Å². The van der Waals surface area contributed by atoms with Crippen LogP contribution < -0.4 is 0 Å². The molecule has 0 saturated heterocycles. The second kappa shape index (κ2) is 5.82. The third-order valence-electron chi connectivity index (χ3n) is 3.25. The molecule has 19 heavy (non-hydrogen) atoms. The van der Waals surface area contributed by atoms with Gasteiger partial charge < -0.3 is 9.47 Å². The van der Waals surface area contributed by atoms with Crippen LogP contribution in [0.4, 0.5) is 0 Å². The summed E-state index contributed by atoms with van der Waals surface area (Å²) in [5.41, 5.74) is 0.628. The zero-order valence-corrected chi connectivity index (χ0v) is 11.4. The molecule has 0 radical (unpaired) electrons. The summed E-state index contributed by atoms with van der Waals surface area (Å²) in [6.07, 6.45) is 7.09. The third-order valence-corrected chi connectivity index (χ3v) is 3.25. The van der Waals surface area contributed by atoms with Crippen LogP contribution in [0.15, 0.2) is 18.3 Å². The number of aromatic nitrogens is 2. The lowest BCUT2D eigenvalue weighted by atomic mass is 10.2. The first-order valence-corrected chi connectivity index (χ1v) is 6.64. The molecule has 102 valence electrons. The van der Waals surface area contributed by atoms with Gasteiger partial charge in [0, 0.05) is 20.0 Å². The second-order valence-corrected chi connectivity index (χ2v) is 4.72. The molecule has 1 aliphatic heterocycles. The molecule has 1 aliphatic rings. The standard InChI is InChI=1S/C14H19N3O2/c1-3-4-5-6-14(19)16-7-8-17-12(11(2)18)9-15-13(17)10-16/h5-6,9H,3-4,7-8,10H2,1-2H3/b6-5+. The zero-order valence-electron chi connectivity index (χ0n) is 11.4. The van der Waals surface area contributed by atoms with Gasteiger partial charge in [-0.2, -0.15) is 0 Å². The normalized spacial score (nSPS) is 14.7. The molecule has 1 amide bonds. The topological polar surface area (TPSA) is 55.2 Å². The van der Waals surface area contributed by atoms with Crippen molar-refractivity contribution in [3.63, 3.8) is 0 Å². The van der Waals surface area contributed by atoms with E-state index in [4.69, 9.17) is 0 Å². The highest BCUT2D eigenvalue weighted by Gasteiger charge is 2.23. The molecule has 2 heterocycles. The number of carbonyl (C=O) groups is 2. The SMILES string of the molecule is CCC/C=C/C(=O)N1CCn2c(C(C)=O)cnc2C1. The van der Waals surface area contributed by atoms with Gasteiger partial charge in [-0.15, -0.1) is 0 Å². The van der Waals surface area contributed by atoms with E-state index in [1.54, 1.807) is 17.2 Å². The molecule has 0 aromatic carbocycles. The van der Waals surface area contributed by atoms with E-state index in [0.717, 1.165) is 18.7 Å². The zero-order chi connectivity index (χ0) is 13.8. The van der Waals surface area contributed by atoms with Crippen LogP contribution in [0.25, 0.3) is 0 Å². The van der Waals surface area contributed by atoms with Gasteiger partial charge in [-0.1, -0.05) is 19.4 Å². The Hall–Kier alpha value is -1.91. The van der Waals surface area contributed by atoms with Crippen LogP contribution >= 0.6 is 0 Å². The summed E-state index contributed by atoms with van der Waals surface area (Å²) < 4.78 is 1.90. The molecule has 2 rings (SSSR count). The highest BCUT2D eigenvalue weighted by molar-refractivity contribution is 5.92. The van der Waals surface area contributed by atoms with Crippen molar-refractivity contribution in [3.8, 4) is 0 Å². The van der Waals surface area contributed by atoms with Crippen molar-refractivity contribution in [3.05, 3.63) is 29.9 Å². The Kier molecular flexibility index (Phi) is 4.14. The van der Waals surface area contributed by atoms with Gasteiger partial charge in [-0.25, -0.2) is 4.98 Å². The van der Waals surface area contributed by atoms with Crippen LogP contribution in [0, 0.1) is 0 Å². The van der Waals surface area contributed by atoms with Crippen LogP contribution in [-0.4, -0.2) is 32.7 Å². The summed E-state index contributed by atoms with van der Waals surface area (Å²) in [6, 6.07) is 0. The lowest BCUT2D eigenvalue weighted by Crippen LogP contribution is -2.38. The maximum absolute atomic E-state index is 12.0. The Morgan fingerprint density at radius 3 is 2.89 bits per heavy atom. The number of imidazole rings is 1. The number of carbonyl (C=O) groups excluding carboxylic acids is 2. The molecule has 1 aromatic heterocycles. The highest BCUT2D eigenvalue weighted by atomic mass is 16.2. The molecular formula is C14H19N3O2. The summed E-state index contributed by atoms with van der Waals surface area (Å²) in [7, 11) is 0. The van der Waals surface area contributed by atoms with Crippen LogP contribution in [0.1, 0.15) is 43.0 Å². The largest absolute Gasteiger partial charge is 0.330 e. The van der Waals surface area contributed by atoms with Crippen LogP contribution in [-0.2, 0) is 17.9 Å². The summed E-state index contributed by atoms with van der Waals surface area (Å²) in [5, 5.41) is 0. The first-order chi connectivity index (χ1) is 9.13. The smallest absolute Gasteiger partial charge is 0.246 e. The van der Waals surface area contributed by atoms with E-state index in [-0.39, 0.29) is 11.7 Å². The Balaban J connectivity index is 2.06. The molecular weight excluding hydrogens is 242 g/mol. The van der Waals surface area contributed by atoms with Crippen LogP contribution in [0.3, 0.4) is 0 Å². The molecule has 0 bridgehead atoms. The van der Waals surface area contributed by atoms with Gasteiger partial charge in [0.15, 0.2) is 5.78 Å². The van der Waals surface area contributed by atoms with Gasteiger partial charge in [0.2, 0.25) is 5.91 Å². The average Bonchev–Trinajstić information content (AvgIpc) is 2.81. The third kappa shape index (κ3) is 2.92. The predicted octanol–water partition coefficient (Wildman–Crippen LogP) is 1.78. The van der Waals surface area contributed by atoms with Crippen molar-refractivity contribution in [2.24, 2.45) is 0 Å². The van der Waals surface area contributed by atoms with Crippen molar-refractivity contribution in [1.82, 2.24) is 14.5 Å². The van der Waals surface area contributed by atoms with Gasteiger partial charge in [0.1, 0.15) is 11.5 Å². The van der Waals surface area contributed by atoms with Crippen molar-refractivity contribution in [2.75, 3.05) is 6.54 Å². The van der Waals surface area contributed by atoms with Crippen molar-refractivity contribution >= 4 is 11.7 Å². The summed E-state index contributed by atoms with van der Waals surface area (Å²) in [4.78, 5) is 29.4. The Bertz CT molecular complexity index is 517. The van der Waals surface area contributed by atoms with Gasteiger partial charge in [-0.05, 0) is 12.5 Å². The number of Topliss-reactive ketones (excluding diaryl/α,β-unsaturated/α-hetero) is 1. The fourth-order valence-electron chi connectivity index (χ4n) is 2.19. The number of fused-ring (bicyclic) bond motifs is 1. The summed E-state index contributed by atoms with van der Waals surface area (Å²) in [6.45, 7) is 5.35. The quantitative estimate of drug-likeness (QED) is 0.613. The van der Waals surface area contributed by atoms with E-state index in [1.807, 2.05) is 10.6 Å². The molecule has 5 heteroatoms. The molecule has 0 fully saturated rings. The number of rotatable bonds is 4. The Labute approximate surface area is 112 Å². The summed E-state index contributed by atoms with van der Waals surface area (Å²) >= 11 is 0.